The highest BCUT2D eigenvalue weighted by Gasteiger charge is 2.32. The van der Waals surface area contributed by atoms with E-state index in [0.717, 1.165) is 10.4 Å². The third-order valence-corrected chi connectivity index (χ3v) is 4.24. The van der Waals surface area contributed by atoms with Crippen molar-refractivity contribution in [3.63, 3.8) is 0 Å². The standard InChI is InChI=1S/C9H10FNO3S/c1-11-8-3-2-6(10)4-7(8)9(12)5-15(11,13)14/h2-4,9,12H,5H2,1H3/t9-/m0/s1. The van der Waals surface area contributed by atoms with Gasteiger partial charge in [0.1, 0.15) is 5.82 Å². The summed E-state index contributed by atoms with van der Waals surface area (Å²) in [5, 5.41) is 9.57. The molecule has 0 bridgehead atoms. The first-order chi connectivity index (χ1) is 6.92. The van der Waals surface area contributed by atoms with Crippen molar-refractivity contribution in [1.82, 2.24) is 0 Å². The molecule has 0 aliphatic carbocycles. The second-order valence-corrected chi connectivity index (χ2v) is 5.51. The molecule has 1 aliphatic heterocycles. The van der Waals surface area contributed by atoms with Crippen LogP contribution in [0.15, 0.2) is 18.2 Å². The summed E-state index contributed by atoms with van der Waals surface area (Å²) in [5.41, 5.74) is 0.641. The molecule has 1 N–H and O–H groups in total. The third kappa shape index (κ3) is 1.59. The van der Waals surface area contributed by atoms with Crippen molar-refractivity contribution in [1.29, 1.82) is 0 Å². The van der Waals surface area contributed by atoms with Gasteiger partial charge in [-0.2, -0.15) is 0 Å². The Morgan fingerprint density at radius 1 is 1.53 bits per heavy atom. The van der Waals surface area contributed by atoms with Gasteiger partial charge in [0.2, 0.25) is 10.0 Å². The summed E-state index contributed by atoms with van der Waals surface area (Å²) in [6.07, 6.45) is -1.16. The highest BCUT2D eigenvalue weighted by atomic mass is 32.2. The molecular weight excluding hydrogens is 221 g/mol. The summed E-state index contributed by atoms with van der Waals surface area (Å²) in [4.78, 5) is 0. The van der Waals surface area contributed by atoms with Crippen LogP contribution in [0.1, 0.15) is 11.7 Å². The molecular formula is C9H10FNO3S. The van der Waals surface area contributed by atoms with Crippen LogP contribution in [-0.2, 0) is 10.0 Å². The molecule has 0 spiro atoms. The van der Waals surface area contributed by atoms with Crippen LogP contribution >= 0.6 is 0 Å². The SMILES string of the molecule is CN1c2ccc(F)cc2[C@@H](O)CS1(=O)=O. The maximum Gasteiger partial charge on any atom is 0.237 e. The lowest BCUT2D eigenvalue weighted by Crippen LogP contribution is -2.36. The lowest BCUT2D eigenvalue weighted by molar-refractivity contribution is 0.200. The quantitative estimate of drug-likeness (QED) is 0.712. The first-order valence-electron chi connectivity index (χ1n) is 4.36. The summed E-state index contributed by atoms with van der Waals surface area (Å²) >= 11 is 0. The van der Waals surface area contributed by atoms with Gasteiger partial charge in [0, 0.05) is 12.6 Å². The molecule has 1 aliphatic rings. The average molecular weight is 231 g/mol. The van der Waals surface area contributed by atoms with Gasteiger partial charge in [0.15, 0.2) is 0 Å². The molecule has 0 fully saturated rings. The predicted octanol–water partition coefficient (Wildman–Crippen LogP) is 0.639. The minimum absolute atomic E-state index is 0.312. The Hall–Kier alpha value is -1.14. The first-order valence-corrected chi connectivity index (χ1v) is 5.97. The van der Waals surface area contributed by atoms with Crippen molar-refractivity contribution in [2.45, 2.75) is 6.10 Å². The molecule has 0 saturated carbocycles. The van der Waals surface area contributed by atoms with Crippen molar-refractivity contribution in [3.05, 3.63) is 29.6 Å². The predicted molar refractivity (Wildman–Crippen MR) is 53.5 cm³/mol. The van der Waals surface area contributed by atoms with Crippen LogP contribution in [-0.4, -0.2) is 26.3 Å². The van der Waals surface area contributed by atoms with E-state index in [9.17, 15) is 17.9 Å². The van der Waals surface area contributed by atoms with Gasteiger partial charge in [0.05, 0.1) is 17.5 Å². The Labute approximate surface area is 87.0 Å². The number of nitrogens with zero attached hydrogens (tertiary/aromatic N) is 1. The third-order valence-electron chi connectivity index (χ3n) is 2.47. The number of sulfonamides is 1. The zero-order valence-electron chi connectivity index (χ0n) is 8.01. The Kier molecular flexibility index (Phi) is 2.20. The second-order valence-electron chi connectivity index (χ2n) is 3.46. The molecule has 0 saturated heterocycles. The number of benzene rings is 1. The summed E-state index contributed by atoms with van der Waals surface area (Å²) in [7, 11) is -2.09. The number of halogens is 1. The van der Waals surface area contributed by atoms with Crippen LogP contribution < -0.4 is 4.31 Å². The van der Waals surface area contributed by atoms with E-state index in [4.69, 9.17) is 0 Å². The summed E-state index contributed by atoms with van der Waals surface area (Å²) in [5.74, 6) is -0.888. The van der Waals surface area contributed by atoms with Gasteiger partial charge in [-0.15, -0.1) is 0 Å². The van der Waals surface area contributed by atoms with Gasteiger partial charge in [-0.1, -0.05) is 0 Å². The summed E-state index contributed by atoms with van der Waals surface area (Å²) in [6, 6.07) is 3.68. The Bertz CT molecular complexity index is 500. The fraction of sp³-hybridized carbons (Fsp3) is 0.333. The van der Waals surface area contributed by atoms with E-state index in [1.54, 1.807) is 0 Å². The number of anilines is 1. The van der Waals surface area contributed by atoms with E-state index in [1.165, 1.54) is 19.2 Å². The molecule has 0 radical (unpaired) electrons. The molecule has 0 unspecified atom stereocenters. The molecule has 0 aromatic heterocycles. The number of aliphatic hydroxyl groups is 1. The van der Waals surface area contributed by atoms with E-state index >= 15 is 0 Å². The summed E-state index contributed by atoms with van der Waals surface area (Å²) < 4.78 is 37.0. The first kappa shape index (κ1) is 10.4. The molecule has 1 atom stereocenters. The molecule has 0 amide bonds. The molecule has 2 rings (SSSR count). The fourth-order valence-electron chi connectivity index (χ4n) is 1.63. The van der Waals surface area contributed by atoms with Gasteiger partial charge in [-0.3, -0.25) is 4.31 Å². The fourth-order valence-corrected chi connectivity index (χ4v) is 2.90. The van der Waals surface area contributed by atoms with Crippen molar-refractivity contribution in [2.75, 3.05) is 17.1 Å². The van der Waals surface area contributed by atoms with Crippen LogP contribution in [0.2, 0.25) is 0 Å². The molecule has 1 aromatic rings. The second kappa shape index (κ2) is 3.18. The van der Waals surface area contributed by atoms with Crippen LogP contribution in [0.25, 0.3) is 0 Å². The smallest absolute Gasteiger partial charge is 0.237 e. The Morgan fingerprint density at radius 3 is 2.87 bits per heavy atom. The maximum atomic E-state index is 12.9. The van der Waals surface area contributed by atoms with Gasteiger partial charge in [-0.05, 0) is 18.2 Å². The topological polar surface area (TPSA) is 57.6 Å². The van der Waals surface area contributed by atoms with Crippen LogP contribution in [0.5, 0.6) is 0 Å². The largest absolute Gasteiger partial charge is 0.387 e. The van der Waals surface area contributed by atoms with Crippen molar-refractivity contribution < 1.29 is 17.9 Å². The van der Waals surface area contributed by atoms with Gasteiger partial charge in [0.25, 0.3) is 0 Å². The van der Waals surface area contributed by atoms with Crippen LogP contribution in [0.3, 0.4) is 0 Å². The minimum atomic E-state index is -3.48. The van der Waals surface area contributed by atoms with Crippen LogP contribution in [0.4, 0.5) is 10.1 Å². The van der Waals surface area contributed by atoms with E-state index in [0.29, 0.717) is 11.3 Å². The van der Waals surface area contributed by atoms with Gasteiger partial charge in [-0.25, -0.2) is 12.8 Å². The van der Waals surface area contributed by atoms with Crippen LogP contribution in [0, 0.1) is 5.82 Å². The molecule has 6 heteroatoms. The molecule has 15 heavy (non-hydrogen) atoms. The highest BCUT2D eigenvalue weighted by Crippen LogP contribution is 2.34. The van der Waals surface area contributed by atoms with Gasteiger partial charge >= 0.3 is 0 Å². The number of hydrogen-bond acceptors (Lipinski definition) is 3. The molecule has 82 valence electrons. The van der Waals surface area contributed by atoms with E-state index in [-0.39, 0.29) is 0 Å². The molecule has 4 nitrogen and oxygen atoms in total. The summed E-state index contributed by atoms with van der Waals surface area (Å²) in [6.45, 7) is 0. The number of fused-ring (bicyclic) bond motifs is 1. The lowest BCUT2D eigenvalue weighted by atomic mass is 10.1. The monoisotopic (exact) mass is 231 g/mol. The maximum absolute atomic E-state index is 12.9. The number of aliphatic hydroxyl groups excluding tert-OH is 1. The normalized spacial score (nSPS) is 23.7. The minimum Gasteiger partial charge on any atom is -0.387 e. The number of rotatable bonds is 0. The van der Waals surface area contributed by atoms with E-state index in [1.807, 2.05) is 0 Å². The Morgan fingerprint density at radius 2 is 2.20 bits per heavy atom. The van der Waals surface area contributed by atoms with Gasteiger partial charge < -0.3 is 5.11 Å². The van der Waals surface area contributed by atoms with Crippen molar-refractivity contribution in [2.24, 2.45) is 0 Å². The molecule has 1 aromatic carbocycles. The zero-order valence-corrected chi connectivity index (χ0v) is 8.83. The van der Waals surface area contributed by atoms with Crippen molar-refractivity contribution >= 4 is 15.7 Å². The highest BCUT2D eigenvalue weighted by molar-refractivity contribution is 7.92. The lowest BCUT2D eigenvalue weighted by Gasteiger charge is -2.30. The van der Waals surface area contributed by atoms with E-state index < -0.39 is 27.7 Å². The molecule has 1 heterocycles. The zero-order chi connectivity index (χ0) is 11.2. The van der Waals surface area contributed by atoms with Crippen molar-refractivity contribution in [3.8, 4) is 0 Å². The Balaban J connectivity index is 2.64. The van der Waals surface area contributed by atoms with E-state index in [2.05, 4.69) is 0 Å². The average Bonchev–Trinajstić information content (AvgIpc) is 2.14. The number of hydrogen-bond donors (Lipinski definition) is 1.